The monoisotopic (exact) mass is 785 g/mol. The van der Waals surface area contributed by atoms with E-state index >= 15 is 0 Å². The number of benzene rings is 4. The zero-order valence-electron chi connectivity index (χ0n) is 33.5. The van der Waals surface area contributed by atoms with E-state index in [0.29, 0.717) is 34.4 Å². The second-order valence-electron chi connectivity index (χ2n) is 14.2. The fraction of sp³-hybridized carbons (Fsp3) is 0.0185. The molecule has 61 heavy (non-hydrogen) atoms. The van der Waals surface area contributed by atoms with Crippen LogP contribution in [0.15, 0.2) is 213 Å². The number of rotatable bonds is 11. The number of hydrogen-bond donors (Lipinski definition) is 0. The topological polar surface area (TPSA) is 90.2 Å². The Morgan fingerprint density at radius 2 is 0.984 bits per heavy atom. The van der Waals surface area contributed by atoms with Gasteiger partial charge in [0.25, 0.3) is 0 Å². The van der Waals surface area contributed by atoms with E-state index in [9.17, 15) is 0 Å². The molecular weight excluding hydrogens is 747 g/mol. The highest BCUT2D eigenvalue weighted by atomic mass is 14.9. The second-order valence-corrected chi connectivity index (χ2v) is 14.2. The SMILES string of the molecule is C=C/C=C(\C=C/C)c1cc(-c2ccccc2)nc(-c2ccnc(-c3cc(-c4ccccc4)cc(-c4ncccc4-c4nc(-c5ccccc5)cc(-c5ccccc5)n4)n3)c2)n1. The molecule has 9 aromatic rings. The van der Waals surface area contributed by atoms with E-state index in [2.05, 4.69) is 67.2 Å². The molecule has 0 saturated carbocycles. The third-order valence-electron chi connectivity index (χ3n) is 10.1. The first-order valence-electron chi connectivity index (χ1n) is 20.0. The van der Waals surface area contributed by atoms with Crippen molar-refractivity contribution in [3.63, 3.8) is 0 Å². The van der Waals surface area contributed by atoms with Gasteiger partial charge < -0.3 is 0 Å². The average molecular weight is 786 g/mol. The zero-order chi connectivity index (χ0) is 41.4. The molecule has 9 rings (SSSR count). The van der Waals surface area contributed by atoms with E-state index in [-0.39, 0.29) is 0 Å². The molecule has 7 heteroatoms. The van der Waals surface area contributed by atoms with Gasteiger partial charge >= 0.3 is 0 Å². The van der Waals surface area contributed by atoms with Crippen LogP contribution < -0.4 is 0 Å². The molecule has 0 aliphatic heterocycles. The summed E-state index contributed by atoms with van der Waals surface area (Å²) in [5.74, 6) is 1.11. The third-order valence-corrected chi connectivity index (χ3v) is 10.1. The first-order valence-corrected chi connectivity index (χ1v) is 20.0. The van der Waals surface area contributed by atoms with Gasteiger partial charge in [-0.1, -0.05) is 152 Å². The lowest BCUT2D eigenvalue weighted by Gasteiger charge is -2.14. The van der Waals surface area contributed by atoms with Crippen LogP contribution in [0.1, 0.15) is 12.6 Å². The third kappa shape index (κ3) is 8.49. The Bertz CT molecular complexity index is 2980. The van der Waals surface area contributed by atoms with Crippen molar-refractivity contribution in [1.82, 2.24) is 34.9 Å². The molecule has 0 saturated heterocycles. The molecule has 0 amide bonds. The normalized spacial score (nSPS) is 11.5. The van der Waals surface area contributed by atoms with E-state index in [1.54, 1.807) is 18.5 Å². The van der Waals surface area contributed by atoms with Crippen molar-refractivity contribution in [3.8, 4) is 90.5 Å². The molecule has 5 heterocycles. The quantitative estimate of drug-likeness (QED) is 0.121. The standard InChI is InChI=1S/C54H39N7/c1-3-18-38(19-4-2)45-35-46(39-22-11-6-12-23-39)59-53(58-45)42-29-31-55-49(32-42)50-33-43(37-20-9-5-10-21-37)34-51(57-50)52-44(28-17-30-56-52)54-60-47(40-24-13-7-14-25-40)36-48(61-54)41-26-15-8-16-27-41/h3-36H,1H2,2H3/b19-4-,38-18+. The van der Waals surface area contributed by atoms with Crippen molar-refractivity contribution < 1.29 is 0 Å². The van der Waals surface area contributed by atoms with E-state index in [0.717, 1.165) is 67.3 Å². The first-order chi connectivity index (χ1) is 30.1. The van der Waals surface area contributed by atoms with Crippen LogP contribution in [0.5, 0.6) is 0 Å². The lowest BCUT2D eigenvalue weighted by molar-refractivity contribution is 1.15. The smallest absolute Gasteiger partial charge is 0.162 e. The maximum atomic E-state index is 5.29. The van der Waals surface area contributed by atoms with Gasteiger partial charge in [0.05, 0.1) is 45.6 Å². The fourth-order valence-corrected chi connectivity index (χ4v) is 7.18. The molecule has 0 aliphatic carbocycles. The first kappa shape index (κ1) is 38.2. The summed E-state index contributed by atoms with van der Waals surface area (Å²) >= 11 is 0. The molecule has 0 radical (unpaired) electrons. The largest absolute Gasteiger partial charge is 0.255 e. The predicted octanol–water partition coefficient (Wildman–Crippen LogP) is 12.9. The van der Waals surface area contributed by atoms with Gasteiger partial charge in [0.2, 0.25) is 0 Å². The molecule has 290 valence electrons. The van der Waals surface area contributed by atoms with Gasteiger partial charge in [-0.25, -0.2) is 24.9 Å². The maximum Gasteiger partial charge on any atom is 0.162 e. The van der Waals surface area contributed by atoms with Gasteiger partial charge in [-0.3, -0.25) is 9.97 Å². The molecule has 0 fully saturated rings. The van der Waals surface area contributed by atoms with Gasteiger partial charge in [0, 0.05) is 40.2 Å². The Morgan fingerprint density at radius 1 is 0.426 bits per heavy atom. The van der Waals surface area contributed by atoms with Gasteiger partial charge in [-0.2, -0.15) is 0 Å². The minimum absolute atomic E-state index is 0.547. The minimum atomic E-state index is 0.547. The molecule has 0 unspecified atom stereocenters. The van der Waals surface area contributed by atoms with E-state index in [1.165, 1.54) is 0 Å². The van der Waals surface area contributed by atoms with Crippen LogP contribution in [-0.2, 0) is 0 Å². The predicted molar refractivity (Wildman–Crippen MR) is 247 cm³/mol. The molecule has 0 spiro atoms. The van der Waals surface area contributed by atoms with Gasteiger partial charge in [0.1, 0.15) is 0 Å². The molecule has 0 N–H and O–H groups in total. The average Bonchev–Trinajstić information content (AvgIpc) is 3.34. The summed E-state index contributed by atoms with van der Waals surface area (Å²) in [7, 11) is 0. The number of allylic oxidation sites excluding steroid dienone is 5. The Balaban J connectivity index is 1.20. The summed E-state index contributed by atoms with van der Waals surface area (Å²) in [5.41, 5.74) is 13.3. The highest BCUT2D eigenvalue weighted by Crippen LogP contribution is 2.36. The molecule has 5 aromatic heterocycles. The molecular formula is C54H39N7. The van der Waals surface area contributed by atoms with Crippen molar-refractivity contribution in [3.05, 3.63) is 219 Å². The Hall–Kier alpha value is -8.29. The number of nitrogens with zero attached hydrogens (tertiary/aromatic N) is 7. The van der Waals surface area contributed by atoms with Crippen molar-refractivity contribution in [2.24, 2.45) is 0 Å². The minimum Gasteiger partial charge on any atom is -0.255 e. The molecule has 0 atom stereocenters. The van der Waals surface area contributed by atoms with Crippen molar-refractivity contribution in [2.75, 3.05) is 0 Å². The number of pyridine rings is 3. The van der Waals surface area contributed by atoms with E-state index in [1.807, 2.05) is 134 Å². The molecule has 7 nitrogen and oxygen atoms in total. The van der Waals surface area contributed by atoms with Crippen LogP contribution in [0.2, 0.25) is 0 Å². The Morgan fingerprint density at radius 3 is 1.59 bits per heavy atom. The summed E-state index contributed by atoms with van der Waals surface area (Å²) in [6, 6.07) is 56.8. The van der Waals surface area contributed by atoms with Crippen LogP contribution in [0.25, 0.3) is 96.0 Å². The van der Waals surface area contributed by atoms with Crippen LogP contribution in [0.4, 0.5) is 0 Å². The van der Waals surface area contributed by atoms with Gasteiger partial charge in [-0.15, -0.1) is 0 Å². The van der Waals surface area contributed by atoms with E-state index in [4.69, 9.17) is 34.9 Å². The highest BCUT2D eigenvalue weighted by molar-refractivity contribution is 5.83. The maximum absolute atomic E-state index is 5.29. The summed E-state index contributed by atoms with van der Waals surface area (Å²) in [6.07, 6.45) is 11.3. The summed E-state index contributed by atoms with van der Waals surface area (Å²) in [4.78, 5) is 35.6. The number of aromatic nitrogens is 7. The van der Waals surface area contributed by atoms with Crippen LogP contribution in [-0.4, -0.2) is 34.9 Å². The number of hydrogen-bond acceptors (Lipinski definition) is 7. The van der Waals surface area contributed by atoms with Crippen LogP contribution in [0.3, 0.4) is 0 Å². The molecule has 0 bridgehead atoms. The summed E-state index contributed by atoms with van der Waals surface area (Å²) < 4.78 is 0. The summed E-state index contributed by atoms with van der Waals surface area (Å²) in [5, 5.41) is 0. The lowest BCUT2D eigenvalue weighted by Crippen LogP contribution is -2.01. The van der Waals surface area contributed by atoms with Crippen molar-refractivity contribution in [2.45, 2.75) is 6.92 Å². The molecule has 4 aromatic carbocycles. The summed E-state index contributed by atoms with van der Waals surface area (Å²) in [6.45, 7) is 5.94. The fourth-order valence-electron chi connectivity index (χ4n) is 7.18. The Labute approximate surface area is 355 Å². The van der Waals surface area contributed by atoms with Gasteiger partial charge in [0.15, 0.2) is 11.6 Å². The van der Waals surface area contributed by atoms with Gasteiger partial charge in [-0.05, 0) is 72.2 Å². The van der Waals surface area contributed by atoms with Crippen LogP contribution >= 0.6 is 0 Å². The van der Waals surface area contributed by atoms with Crippen LogP contribution in [0, 0.1) is 0 Å². The molecule has 0 aliphatic rings. The highest BCUT2D eigenvalue weighted by Gasteiger charge is 2.19. The van der Waals surface area contributed by atoms with Crippen molar-refractivity contribution >= 4 is 5.57 Å². The van der Waals surface area contributed by atoms with E-state index < -0.39 is 0 Å². The Kier molecular flexibility index (Phi) is 11.1. The van der Waals surface area contributed by atoms with Crippen molar-refractivity contribution in [1.29, 1.82) is 0 Å². The zero-order valence-corrected chi connectivity index (χ0v) is 33.5. The second kappa shape index (κ2) is 17.7. The lowest BCUT2D eigenvalue weighted by atomic mass is 10.0.